The van der Waals surface area contributed by atoms with E-state index in [-0.39, 0.29) is 0 Å². The summed E-state index contributed by atoms with van der Waals surface area (Å²) in [6.07, 6.45) is 1.56. The van der Waals surface area contributed by atoms with Gasteiger partial charge in [-0.3, -0.25) is 0 Å². The van der Waals surface area contributed by atoms with Crippen LogP contribution in [-0.4, -0.2) is 9.97 Å². The van der Waals surface area contributed by atoms with E-state index in [4.69, 9.17) is 10.2 Å². The van der Waals surface area contributed by atoms with Crippen LogP contribution in [0.5, 0.6) is 0 Å². The summed E-state index contributed by atoms with van der Waals surface area (Å²) >= 11 is 1.58. The number of nitrogens with two attached hydrogens (primary N) is 1. The van der Waals surface area contributed by atoms with Gasteiger partial charge in [0.2, 0.25) is 11.6 Å². The monoisotopic (exact) mass is 217 g/mol. The summed E-state index contributed by atoms with van der Waals surface area (Å²) in [5, 5.41) is 1.98. The largest absolute Gasteiger partial charge is 0.417 e. The van der Waals surface area contributed by atoms with Gasteiger partial charge in [-0.05, 0) is 17.5 Å². The van der Waals surface area contributed by atoms with Crippen LogP contribution in [-0.2, 0) is 0 Å². The van der Waals surface area contributed by atoms with Gasteiger partial charge in [0.15, 0.2) is 0 Å². The van der Waals surface area contributed by atoms with Crippen molar-refractivity contribution in [2.75, 3.05) is 5.73 Å². The van der Waals surface area contributed by atoms with Crippen LogP contribution >= 0.6 is 11.3 Å². The molecule has 0 aromatic carbocycles. The zero-order valence-corrected chi connectivity index (χ0v) is 8.49. The highest BCUT2D eigenvalue weighted by Crippen LogP contribution is 2.27. The van der Waals surface area contributed by atoms with Crippen molar-refractivity contribution in [1.82, 2.24) is 9.97 Å². The van der Waals surface area contributed by atoms with Crippen LogP contribution in [0.15, 0.2) is 34.2 Å². The fourth-order valence-corrected chi connectivity index (χ4v) is 1.99. The molecule has 74 valence electrons. The number of oxazole rings is 1. The summed E-state index contributed by atoms with van der Waals surface area (Å²) < 4.78 is 5.50. The average molecular weight is 217 g/mol. The van der Waals surface area contributed by atoms with Gasteiger partial charge in [-0.15, -0.1) is 11.3 Å². The van der Waals surface area contributed by atoms with E-state index < -0.39 is 0 Å². The number of rotatable bonds is 1. The smallest absolute Gasteiger partial charge is 0.247 e. The topological polar surface area (TPSA) is 64.9 Å². The fraction of sp³-hybridized carbons (Fsp3) is 0. The SMILES string of the molecule is Nc1cnc2oc(-c3cccs3)nc2c1. The molecule has 0 aliphatic rings. The van der Waals surface area contributed by atoms with Gasteiger partial charge >= 0.3 is 0 Å². The molecular weight excluding hydrogens is 210 g/mol. The van der Waals surface area contributed by atoms with Gasteiger partial charge in [0.1, 0.15) is 5.52 Å². The number of anilines is 1. The summed E-state index contributed by atoms with van der Waals surface area (Å²) in [6.45, 7) is 0. The number of nitrogens with zero attached hydrogens (tertiary/aromatic N) is 2. The number of nitrogen functional groups attached to an aromatic ring is 1. The maximum absolute atomic E-state index is 5.61. The van der Waals surface area contributed by atoms with Crippen LogP contribution < -0.4 is 5.73 Å². The molecule has 0 saturated carbocycles. The number of thiophene rings is 1. The molecule has 0 bridgehead atoms. The van der Waals surface area contributed by atoms with E-state index in [1.54, 1.807) is 23.6 Å². The molecule has 0 fully saturated rings. The summed E-state index contributed by atoms with van der Waals surface area (Å²) in [5.74, 6) is 0.595. The maximum Gasteiger partial charge on any atom is 0.247 e. The van der Waals surface area contributed by atoms with Crippen LogP contribution in [0.3, 0.4) is 0 Å². The Bertz CT molecular complexity index is 600. The Morgan fingerprint density at radius 1 is 1.40 bits per heavy atom. The number of pyridine rings is 1. The van der Waals surface area contributed by atoms with Crippen LogP contribution in [0, 0.1) is 0 Å². The Labute approximate surface area is 89.4 Å². The van der Waals surface area contributed by atoms with E-state index in [0.29, 0.717) is 22.8 Å². The fourth-order valence-electron chi connectivity index (χ4n) is 1.34. The quantitative estimate of drug-likeness (QED) is 0.680. The first-order valence-electron chi connectivity index (χ1n) is 4.39. The molecule has 0 aliphatic carbocycles. The zero-order valence-electron chi connectivity index (χ0n) is 7.68. The predicted molar refractivity (Wildman–Crippen MR) is 59.5 cm³/mol. The number of hydrogen-bond acceptors (Lipinski definition) is 5. The average Bonchev–Trinajstić information content (AvgIpc) is 2.84. The third-order valence-electron chi connectivity index (χ3n) is 2.00. The highest BCUT2D eigenvalue weighted by Gasteiger charge is 2.09. The number of fused-ring (bicyclic) bond motifs is 1. The summed E-state index contributed by atoms with van der Waals surface area (Å²) in [7, 11) is 0. The maximum atomic E-state index is 5.61. The standard InChI is InChI=1S/C10H7N3OS/c11-6-4-7-9(12-5-6)14-10(13-7)8-2-1-3-15-8/h1-5H,11H2. The summed E-state index contributed by atoms with van der Waals surface area (Å²) in [5.41, 5.74) is 7.42. The molecule has 3 aromatic heterocycles. The van der Waals surface area contributed by atoms with E-state index in [1.165, 1.54) is 0 Å². The molecule has 2 N–H and O–H groups in total. The van der Waals surface area contributed by atoms with Crippen molar-refractivity contribution in [1.29, 1.82) is 0 Å². The van der Waals surface area contributed by atoms with Crippen molar-refractivity contribution in [3.63, 3.8) is 0 Å². The molecule has 15 heavy (non-hydrogen) atoms. The molecule has 3 heterocycles. The molecule has 0 atom stereocenters. The summed E-state index contributed by atoms with van der Waals surface area (Å²) in [4.78, 5) is 9.37. The van der Waals surface area contributed by atoms with Crippen molar-refractivity contribution in [3.8, 4) is 10.8 Å². The molecule has 0 amide bonds. The molecular formula is C10H7N3OS. The van der Waals surface area contributed by atoms with Gasteiger partial charge in [-0.1, -0.05) is 6.07 Å². The van der Waals surface area contributed by atoms with E-state index in [2.05, 4.69) is 9.97 Å². The van der Waals surface area contributed by atoms with Crippen molar-refractivity contribution in [3.05, 3.63) is 29.8 Å². The Morgan fingerprint density at radius 3 is 3.13 bits per heavy atom. The van der Waals surface area contributed by atoms with Gasteiger partial charge in [-0.25, -0.2) is 9.97 Å². The minimum absolute atomic E-state index is 0.521. The van der Waals surface area contributed by atoms with Gasteiger partial charge < -0.3 is 10.2 Å². The Hall–Kier alpha value is -1.88. The minimum Gasteiger partial charge on any atom is -0.417 e. The van der Waals surface area contributed by atoms with Crippen molar-refractivity contribution >= 4 is 28.3 Å². The second-order valence-corrected chi connectivity index (χ2v) is 4.04. The van der Waals surface area contributed by atoms with Crippen LogP contribution in [0.4, 0.5) is 5.69 Å². The van der Waals surface area contributed by atoms with Crippen molar-refractivity contribution in [2.45, 2.75) is 0 Å². The summed E-state index contributed by atoms with van der Waals surface area (Å²) in [6, 6.07) is 5.67. The van der Waals surface area contributed by atoms with Gasteiger partial charge in [0.25, 0.3) is 0 Å². The van der Waals surface area contributed by atoms with Crippen LogP contribution in [0.1, 0.15) is 0 Å². The normalized spacial score (nSPS) is 10.9. The number of hydrogen-bond donors (Lipinski definition) is 1. The van der Waals surface area contributed by atoms with E-state index >= 15 is 0 Å². The highest BCUT2D eigenvalue weighted by atomic mass is 32.1. The molecule has 3 aromatic rings. The molecule has 0 radical (unpaired) electrons. The lowest BCUT2D eigenvalue weighted by atomic mass is 10.4. The van der Waals surface area contributed by atoms with E-state index in [0.717, 1.165) is 4.88 Å². The molecule has 0 spiro atoms. The van der Waals surface area contributed by atoms with Gasteiger partial charge in [0, 0.05) is 0 Å². The molecule has 4 nitrogen and oxygen atoms in total. The van der Waals surface area contributed by atoms with E-state index in [1.807, 2.05) is 17.5 Å². The van der Waals surface area contributed by atoms with Gasteiger partial charge in [0.05, 0.1) is 16.8 Å². The first-order chi connectivity index (χ1) is 7.33. The molecule has 0 saturated heterocycles. The Morgan fingerprint density at radius 2 is 2.33 bits per heavy atom. The Kier molecular flexibility index (Phi) is 1.72. The predicted octanol–water partition coefficient (Wildman–Crippen LogP) is 2.53. The molecule has 3 rings (SSSR count). The van der Waals surface area contributed by atoms with Crippen LogP contribution in [0.25, 0.3) is 22.0 Å². The minimum atomic E-state index is 0.521. The Balaban J connectivity index is 2.22. The van der Waals surface area contributed by atoms with Crippen LogP contribution in [0.2, 0.25) is 0 Å². The third-order valence-corrected chi connectivity index (χ3v) is 2.86. The van der Waals surface area contributed by atoms with E-state index in [9.17, 15) is 0 Å². The molecule has 0 aliphatic heterocycles. The third kappa shape index (κ3) is 1.37. The molecule has 0 unspecified atom stereocenters. The van der Waals surface area contributed by atoms with Crippen molar-refractivity contribution < 1.29 is 4.42 Å². The second-order valence-electron chi connectivity index (χ2n) is 3.09. The first kappa shape index (κ1) is 8.43. The highest BCUT2D eigenvalue weighted by molar-refractivity contribution is 7.13. The van der Waals surface area contributed by atoms with Gasteiger partial charge in [-0.2, -0.15) is 0 Å². The lowest BCUT2D eigenvalue weighted by Crippen LogP contribution is -1.84. The lowest BCUT2D eigenvalue weighted by molar-refractivity contribution is 0.609. The zero-order chi connectivity index (χ0) is 10.3. The second kappa shape index (κ2) is 3.06. The number of aromatic nitrogens is 2. The van der Waals surface area contributed by atoms with Crippen molar-refractivity contribution in [2.24, 2.45) is 0 Å². The molecule has 5 heteroatoms. The lowest BCUT2D eigenvalue weighted by Gasteiger charge is -1.87. The first-order valence-corrected chi connectivity index (χ1v) is 5.27.